The van der Waals surface area contributed by atoms with Crippen LogP contribution < -0.4 is 15.0 Å². The fourth-order valence-electron chi connectivity index (χ4n) is 2.42. The van der Waals surface area contributed by atoms with Gasteiger partial charge < -0.3 is 15.0 Å². The zero-order valence-corrected chi connectivity index (χ0v) is 12.6. The van der Waals surface area contributed by atoms with Crippen LogP contribution in [0.4, 0.5) is 20.2 Å². The standard InChI is InChI=1S/C17H14F2N2O3/c18-11-5-6-13(12(19)9-11)20-16(22)7-8-21-14-3-1-2-4-15(14)24-10-17(21)23/h1-6,9H,7-8,10H2,(H,20,22). The molecule has 7 heteroatoms. The number of ether oxygens (including phenoxy) is 1. The van der Waals surface area contributed by atoms with Crippen LogP contribution in [0.2, 0.25) is 0 Å². The monoisotopic (exact) mass is 332 g/mol. The normalized spacial score (nSPS) is 13.2. The Morgan fingerprint density at radius 3 is 2.79 bits per heavy atom. The van der Waals surface area contributed by atoms with Gasteiger partial charge in [0.25, 0.3) is 5.91 Å². The van der Waals surface area contributed by atoms with Crippen molar-refractivity contribution in [1.82, 2.24) is 0 Å². The highest BCUT2D eigenvalue weighted by atomic mass is 19.1. The van der Waals surface area contributed by atoms with E-state index in [1.165, 1.54) is 4.90 Å². The summed E-state index contributed by atoms with van der Waals surface area (Å²) >= 11 is 0. The van der Waals surface area contributed by atoms with E-state index in [0.29, 0.717) is 17.5 Å². The summed E-state index contributed by atoms with van der Waals surface area (Å²) in [6, 6.07) is 9.92. The van der Waals surface area contributed by atoms with Crippen LogP contribution in [0.3, 0.4) is 0 Å². The molecule has 1 heterocycles. The SMILES string of the molecule is O=C(CCN1C(=O)COc2ccccc21)Nc1ccc(F)cc1F. The summed E-state index contributed by atoms with van der Waals surface area (Å²) in [7, 11) is 0. The maximum atomic E-state index is 13.5. The van der Waals surface area contributed by atoms with E-state index in [0.717, 1.165) is 12.1 Å². The molecule has 2 aromatic rings. The Balaban J connectivity index is 1.65. The number of anilines is 2. The molecule has 1 aliphatic rings. The van der Waals surface area contributed by atoms with Crippen LogP contribution >= 0.6 is 0 Å². The molecule has 0 atom stereocenters. The molecule has 0 saturated carbocycles. The van der Waals surface area contributed by atoms with Crippen LogP contribution in [-0.2, 0) is 9.59 Å². The highest BCUT2D eigenvalue weighted by molar-refractivity contribution is 5.99. The van der Waals surface area contributed by atoms with E-state index in [4.69, 9.17) is 4.74 Å². The van der Waals surface area contributed by atoms with Crippen LogP contribution in [0.1, 0.15) is 6.42 Å². The smallest absolute Gasteiger partial charge is 0.265 e. The summed E-state index contributed by atoms with van der Waals surface area (Å²) in [5.74, 6) is -1.73. The summed E-state index contributed by atoms with van der Waals surface area (Å²) in [6.45, 7) is 0.0408. The first-order valence-electron chi connectivity index (χ1n) is 7.31. The quantitative estimate of drug-likeness (QED) is 0.936. The number of para-hydroxylation sites is 2. The molecular weight excluding hydrogens is 318 g/mol. The van der Waals surface area contributed by atoms with E-state index in [1.807, 2.05) is 0 Å². The Hall–Kier alpha value is -2.96. The van der Waals surface area contributed by atoms with E-state index in [-0.39, 0.29) is 31.2 Å². The number of hydrogen-bond donors (Lipinski definition) is 1. The number of nitrogens with one attached hydrogen (secondary N) is 1. The molecule has 3 rings (SSSR count). The predicted molar refractivity (Wildman–Crippen MR) is 83.9 cm³/mol. The number of fused-ring (bicyclic) bond motifs is 1. The van der Waals surface area contributed by atoms with Gasteiger partial charge >= 0.3 is 0 Å². The minimum Gasteiger partial charge on any atom is -0.482 e. The van der Waals surface area contributed by atoms with Crippen molar-refractivity contribution >= 4 is 23.2 Å². The molecule has 2 amide bonds. The predicted octanol–water partition coefficient (Wildman–Crippen LogP) is 2.72. The van der Waals surface area contributed by atoms with Crippen LogP contribution in [-0.4, -0.2) is 25.0 Å². The second-order valence-corrected chi connectivity index (χ2v) is 5.22. The third-order valence-corrected chi connectivity index (χ3v) is 3.58. The highest BCUT2D eigenvalue weighted by Gasteiger charge is 2.25. The lowest BCUT2D eigenvalue weighted by Crippen LogP contribution is -2.40. The average Bonchev–Trinajstić information content (AvgIpc) is 2.56. The van der Waals surface area contributed by atoms with Gasteiger partial charge in [-0.2, -0.15) is 0 Å². The van der Waals surface area contributed by atoms with Crippen LogP contribution in [0.25, 0.3) is 0 Å². The Bertz CT molecular complexity index is 795. The lowest BCUT2D eigenvalue weighted by molar-refractivity contribution is -0.121. The average molecular weight is 332 g/mol. The van der Waals surface area contributed by atoms with Gasteiger partial charge in [-0.1, -0.05) is 12.1 Å². The van der Waals surface area contributed by atoms with Gasteiger partial charge in [-0.25, -0.2) is 8.78 Å². The number of rotatable bonds is 4. The fourth-order valence-corrected chi connectivity index (χ4v) is 2.42. The number of nitrogens with zero attached hydrogens (tertiary/aromatic N) is 1. The van der Waals surface area contributed by atoms with Gasteiger partial charge in [-0.15, -0.1) is 0 Å². The Morgan fingerprint density at radius 1 is 1.21 bits per heavy atom. The van der Waals surface area contributed by atoms with Crippen molar-refractivity contribution in [2.45, 2.75) is 6.42 Å². The maximum Gasteiger partial charge on any atom is 0.265 e. The highest BCUT2D eigenvalue weighted by Crippen LogP contribution is 2.31. The molecule has 0 aromatic heterocycles. The largest absolute Gasteiger partial charge is 0.482 e. The van der Waals surface area contributed by atoms with E-state index >= 15 is 0 Å². The van der Waals surface area contributed by atoms with E-state index < -0.39 is 17.5 Å². The molecule has 0 spiro atoms. The fraction of sp³-hybridized carbons (Fsp3) is 0.176. The van der Waals surface area contributed by atoms with Gasteiger partial charge in [0, 0.05) is 19.0 Å². The zero-order chi connectivity index (χ0) is 17.1. The van der Waals surface area contributed by atoms with Crippen molar-refractivity contribution < 1.29 is 23.1 Å². The van der Waals surface area contributed by atoms with Crippen molar-refractivity contribution in [3.8, 4) is 5.75 Å². The minimum absolute atomic E-state index is 0.0309. The second-order valence-electron chi connectivity index (χ2n) is 5.22. The first kappa shape index (κ1) is 15.9. The van der Waals surface area contributed by atoms with E-state index in [9.17, 15) is 18.4 Å². The van der Waals surface area contributed by atoms with Crippen LogP contribution in [0.15, 0.2) is 42.5 Å². The number of benzene rings is 2. The van der Waals surface area contributed by atoms with Crippen molar-refractivity contribution in [3.63, 3.8) is 0 Å². The van der Waals surface area contributed by atoms with Gasteiger partial charge in [0.1, 0.15) is 17.4 Å². The van der Waals surface area contributed by atoms with Crippen molar-refractivity contribution in [3.05, 3.63) is 54.1 Å². The van der Waals surface area contributed by atoms with Crippen molar-refractivity contribution in [1.29, 1.82) is 0 Å². The third kappa shape index (κ3) is 3.34. The van der Waals surface area contributed by atoms with Gasteiger partial charge in [-0.05, 0) is 24.3 Å². The van der Waals surface area contributed by atoms with Gasteiger partial charge in [0.15, 0.2) is 6.61 Å². The first-order chi connectivity index (χ1) is 11.5. The first-order valence-corrected chi connectivity index (χ1v) is 7.31. The van der Waals surface area contributed by atoms with E-state index in [2.05, 4.69) is 5.32 Å². The molecular formula is C17H14F2N2O3. The molecule has 0 saturated heterocycles. The van der Waals surface area contributed by atoms with Crippen LogP contribution in [0.5, 0.6) is 5.75 Å². The van der Waals surface area contributed by atoms with Crippen molar-refractivity contribution in [2.75, 3.05) is 23.4 Å². The van der Waals surface area contributed by atoms with E-state index in [1.54, 1.807) is 24.3 Å². The molecule has 5 nitrogen and oxygen atoms in total. The Morgan fingerprint density at radius 2 is 2.00 bits per heavy atom. The molecule has 2 aromatic carbocycles. The molecule has 0 bridgehead atoms. The molecule has 1 N–H and O–H groups in total. The van der Waals surface area contributed by atoms with Gasteiger partial charge in [0.05, 0.1) is 11.4 Å². The summed E-state index contributed by atoms with van der Waals surface area (Å²) in [5, 5.41) is 2.37. The number of hydrogen-bond acceptors (Lipinski definition) is 3. The second kappa shape index (κ2) is 6.66. The Labute approximate surface area is 136 Å². The number of carbonyl (C=O) groups excluding carboxylic acids is 2. The summed E-state index contributed by atoms with van der Waals surface area (Å²) in [4.78, 5) is 25.4. The molecule has 24 heavy (non-hydrogen) atoms. The molecule has 0 unspecified atom stereocenters. The number of halogens is 2. The third-order valence-electron chi connectivity index (χ3n) is 3.58. The summed E-state index contributed by atoms with van der Waals surface area (Å²) in [6.07, 6.45) is -0.0309. The maximum absolute atomic E-state index is 13.5. The Kier molecular flexibility index (Phi) is 4.41. The zero-order valence-electron chi connectivity index (χ0n) is 12.6. The van der Waals surface area contributed by atoms with Crippen LogP contribution in [0, 0.1) is 11.6 Å². The lowest BCUT2D eigenvalue weighted by atomic mass is 10.2. The topological polar surface area (TPSA) is 58.6 Å². The number of carbonyl (C=O) groups is 2. The molecule has 0 aliphatic carbocycles. The van der Waals surface area contributed by atoms with Gasteiger partial charge in [-0.3, -0.25) is 9.59 Å². The molecule has 0 radical (unpaired) electrons. The number of amides is 2. The van der Waals surface area contributed by atoms with Gasteiger partial charge in [0.2, 0.25) is 5.91 Å². The summed E-state index contributed by atoms with van der Waals surface area (Å²) in [5.41, 5.74) is 0.490. The summed E-state index contributed by atoms with van der Waals surface area (Å²) < 4.78 is 31.7. The minimum atomic E-state index is -0.851. The molecule has 0 fully saturated rings. The van der Waals surface area contributed by atoms with Crippen molar-refractivity contribution in [2.24, 2.45) is 0 Å². The molecule has 124 valence electrons. The lowest BCUT2D eigenvalue weighted by Gasteiger charge is -2.29. The molecule has 1 aliphatic heterocycles.